The molecule has 90 valence electrons. The van der Waals surface area contributed by atoms with E-state index < -0.39 is 0 Å². The van der Waals surface area contributed by atoms with Gasteiger partial charge in [0.2, 0.25) is 0 Å². The standard InChI is InChI=1S/C9H12S7/c1-2-4-6-8-10-12-14-16-15-13-11-9-7-5-3-1/h1-4,6,8H,5,7,9H2/b3-1?,4-2?,8-6+. The molecule has 7 heteroatoms. The van der Waals surface area contributed by atoms with Gasteiger partial charge in [-0.05, 0) is 67.4 Å². The fourth-order valence-corrected chi connectivity index (χ4v) is 14.3. The van der Waals surface area contributed by atoms with Crippen LogP contribution in [0, 0.1) is 0 Å². The summed E-state index contributed by atoms with van der Waals surface area (Å²) in [5, 5.41) is 2.11. The van der Waals surface area contributed by atoms with Gasteiger partial charge in [-0.3, -0.25) is 0 Å². The Labute approximate surface area is 124 Å². The summed E-state index contributed by atoms with van der Waals surface area (Å²) < 4.78 is 0. The molecular formula is C9H12S7. The molecule has 0 atom stereocenters. The highest BCUT2D eigenvalue weighted by atomic mass is 33.9. The van der Waals surface area contributed by atoms with Crippen LogP contribution >= 0.6 is 70.7 Å². The van der Waals surface area contributed by atoms with Crippen molar-refractivity contribution < 1.29 is 0 Å². The van der Waals surface area contributed by atoms with Crippen LogP contribution in [-0.2, 0) is 0 Å². The number of hydrogen-bond donors (Lipinski definition) is 0. The van der Waals surface area contributed by atoms with Crippen molar-refractivity contribution in [2.75, 3.05) is 5.75 Å². The lowest BCUT2D eigenvalue weighted by Crippen LogP contribution is -1.72. The van der Waals surface area contributed by atoms with Crippen LogP contribution in [0.1, 0.15) is 12.8 Å². The SMILES string of the molecule is C1=C/C=C/SSSSSSSCCCC=C1. The molecule has 0 saturated carbocycles. The summed E-state index contributed by atoms with van der Waals surface area (Å²) >= 11 is 0. The van der Waals surface area contributed by atoms with Gasteiger partial charge in [0.15, 0.2) is 0 Å². The quantitative estimate of drug-likeness (QED) is 0.427. The second-order valence-electron chi connectivity index (χ2n) is 2.54. The number of hydrogen-bond acceptors (Lipinski definition) is 7. The van der Waals surface area contributed by atoms with Crippen LogP contribution in [0.2, 0.25) is 0 Å². The molecule has 0 aromatic carbocycles. The molecule has 0 amide bonds. The van der Waals surface area contributed by atoms with Gasteiger partial charge in [-0.25, -0.2) is 0 Å². The van der Waals surface area contributed by atoms with Crippen molar-refractivity contribution >= 4 is 70.7 Å². The van der Waals surface area contributed by atoms with E-state index in [9.17, 15) is 0 Å². The Morgan fingerprint density at radius 3 is 2.56 bits per heavy atom. The van der Waals surface area contributed by atoms with Gasteiger partial charge in [0.25, 0.3) is 0 Å². The van der Waals surface area contributed by atoms with Gasteiger partial charge in [0, 0.05) is 5.75 Å². The number of allylic oxidation sites excluding steroid dienone is 5. The van der Waals surface area contributed by atoms with Gasteiger partial charge in [0.05, 0.1) is 0 Å². The highest BCUT2D eigenvalue weighted by Gasteiger charge is 1.94. The van der Waals surface area contributed by atoms with Gasteiger partial charge in [-0.15, -0.1) is 0 Å². The van der Waals surface area contributed by atoms with Crippen molar-refractivity contribution in [2.24, 2.45) is 0 Å². The molecule has 0 radical (unpaired) electrons. The van der Waals surface area contributed by atoms with E-state index in [1.165, 1.54) is 18.6 Å². The maximum atomic E-state index is 2.24. The summed E-state index contributed by atoms with van der Waals surface area (Å²) in [5.74, 6) is 1.23. The third-order valence-electron chi connectivity index (χ3n) is 1.40. The molecule has 0 spiro atoms. The topological polar surface area (TPSA) is 0 Å². The lowest BCUT2D eigenvalue weighted by Gasteiger charge is -1.98. The molecule has 0 aliphatic carbocycles. The molecule has 1 aliphatic heterocycles. The summed E-state index contributed by atoms with van der Waals surface area (Å²) in [4.78, 5) is 0. The molecule has 0 aromatic rings. The molecular weight excluding hydrogens is 333 g/mol. The van der Waals surface area contributed by atoms with Crippen LogP contribution in [0.3, 0.4) is 0 Å². The second-order valence-corrected chi connectivity index (χ2v) is 13.8. The summed E-state index contributed by atoms with van der Waals surface area (Å²) in [6, 6.07) is 0. The van der Waals surface area contributed by atoms with Gasteiger partial charge in [-0.1, -0.05) is 52.0 Å². The predicted molar refractivity (Wildman–Crippen MR) is 94.7 cm³/mol. The largest absolute Gasteiger partial charge is 0.0845 e. The van der Waals surface area contributed by atoms with Crippen molar-refractivity contribution in [1.29, 1.82) is 0 Å². The monoisotopic (exact) mass is 344 g/mol. The second kappa shape index (κ2) is 13.1. The summed E-state index contributed by atoms with van der Waals surface area (Å²) in [5.41, 5.74) is 0. The highest BCUT2D eigenvalue weighted by molar-refractivity contribution is 9.46. The minimum absolute atomic E-state index is 1.18. The van der Waals surface area contributed by atoms with Gasteiger partial charge >= 0.3 is 0 Å². The minimum atomic E-state index is 1.18. The molecule has 0 N–H and O–H groups in total. The Morgan fingerprint density at radius 1 is 0.750 bits per heavy atom. The fraction of sp³-hybridized carbons (Fsp3) is 0.333. The van der Waals surface area contributed by atoms with Crippen molar-refractivity contribution in [1.82, 2.24) is 0 Å². The highest BCUT2D eigenvalue weighted by Crippen LogP contribution is 2.55. The van der Waals surface area contributed by atoms with E-state index in [0.717, 1.165) is 0 Å². The first-order chi connectivity index (χ1) is 8.00. The average Bonchev–Trinajstić information content (AvgIpc) is 2.29. The Hall–Kier alpha value is 1.67. The zero-order valence-corrected chi connectivity index (χ0v) is 14.2. The Balaban J connectivity index is 2.23. The normalized spacial score (nSPS) is 23.0. The van der Waals surface area contributed by atoms with Crippen LogP contribution in [0.4, 0.5) is 0 Å². The smallest absolute Gasteiger partial charge is 0.00483 e. The zero-order chi connectivity index (χ0) is 11.3. The molecule has 0 bridgehead atoms. The first kappa shape index (κ1) is 15.7. The van der Waals surface area contributed by atoms with E-state index in [0.29, 0.717) is 0 Å². The van der Waals surface area contributed by atoms with Gasteiger partial charge in [-0.2, -0.15) is 0 Å². The first-order valence-corrected chi connectivity index (χ1v) is 13.6. The van der Waals surface area contributed by atoms with Gasteiger partial charge in [0.1, 0.15) is 0 Å². The van der Waals surface area contributed by atoms with Crippen molar-refractivity contribution in [3.8, 4) is 0 Å². The minimum Gasteiger partial charge on any atom is -0.0845 e. The van der Waals surface area contributed by atoms with E-state index in [4.69, 9.17) is 0 Å². The van der Waals surface area contributed by atoms with Crippen LogP contribution in [0.25, 0.3) is 0 Å². The van der Waals surface area contributed by atoms with Crippen molar-refractivity contribution in [3.63, 3.8) is 0 Å². The van der Waals surface area contributed by atoms with E-state index in [-0.39, 0.29) is 0 Å². The Kier molecular flexibility index (Phi) is 12.9. The van der Waals surface area contributed by atoms with Crippen LogP contribution in [-0.4, -0.2) is 5.75 Å². The lowest BCUT2D eigenvalue weighted by molar-refractivity contribution is 0.975. The van der Waals surface area contributed by atoms with Crippen molar-refractivity contribution in [2.45, 2.75) is 12.8 Å². The maximum absolute atomic E-state index is 2.24. The van der Waals surface area contributed by atoms with Crippen LogP contribution in [0.15, 0.2) is 35.8 Å². The molecule has 1 rings (SSSR count). The van der Waals surface area contributed by atoms with E-state index >= 15 is 0 Å². The molecule has 16 heavy (non-hydrogen) atoms. The molecule has 0 saturated heterocycles. The average molecular weight is 345 g/mol. The fourth-order valence-electron chi connectivity index (χ4n) is 0.767. The lowest BCUT2D eigenvalue weighted by atomic mass is 10.3. The van der Waals surface area contributed by atoms with Crippen LogP contribution in [0.5, 0.6) is 0 Å². The zero-order valence-electron chi connectivity index (χ0n) is 8.44. The van der Waals surface area contributed by atoms with Crippen molar-refractivity contribution in [3.05, 3.63) is 35.8 Å². The summed E-state index contributed by atoms with van der Waals surface area (Å²) in [7, 11) is 12.9. The summed E-state index contributed by atoms with van der Waals surface area (Å²) in [6.07, 6.45) is 13.1. The van der Waals surface area contributed by atoms with Crippen LogP contribution < -0.4 is 0 Å². The number of rotatable bonds is 0. The molecule has 1 heterocycles. The predicted octanol–water partition coefficient (Wildman–Crippen LogP) is 7.03. The maximum Gasteiger partial charge on any atom is 0.00483 e. The molecule has 1 aliphatic rings. The first-order valence-electron chi connectivity index (χ1n) is 4.60. The molecule has 0 aromatic heterocycles. The Bertz CT molecular complexity index is 212. The molecule has 0 unspecified atom stereocenters. The summed E-state index contributed by atoms with van der Waals surface area (Å²) in [6.45, 7) is 0. The molecule has 0 nitrogen and oxygen atoms in total. The third-order valence-corrected chi connectivity index (χ3v) is 14.1. The Morgan fingerprint density at radius 2 is 1.56 bits per heavy atom. The third kappa shape index (κ3) is 10.8. The molecule has 0 fully saturated rings. The van der Waals surface area contributed by atoms with E-state index in [1.807, 2.05) is 50.1 Å². The van der Waals surface area contributed by atoms with E-state index in [2.05, 4.69) is 35.8 Å². The van der Waals surface area contributed by atoms with E-state index in [1.54, 1.807) is 20.6 Å². The van der Waals surface area contributed by atoms with Gasteiger partial charge < -0.3 is 0 Å².